The maximum absolute atomic E-state index is 13.4. The zero-order valence-electron chi connectivity index (χ0n) is 14.0. The average molecular weight is 345 g/mol. The fraction of sp³-hybridized carbons (Fsp3) is 0.588. The van der Waals surface area contributed by atoms with Crippen LogP contribution in [0.15, 0.2) is 18.2 Å². The molecule has 134 valence electrons. The molecule has 4 nitrogen and oxygen atoms in total. The van der Waals surface area contributed by atoms with Crippen molar-refractivity contribution in [2.24, 2.45) is 0 Å². The van der Waals surface area contributed by atoms with Crippen LogP contribution in [0.5, 0.6) is 5.75 Å². The van der Waals surface area contributed by atoms with E-state index in [0.29, 0.717) is 5.56 Å². The van der Waals surface area contributed by atoms with Gasteiger partial charge in [-0.2, -0.15) is 13.2 Å². The van der Waals surface area contributed by atoms with Gasteiger partial charge >= 0.3 is 12.1 Å². The Hall–Kier alpha value is -1.76. The molecule has 0 aliphatic carbocycles. The Kier molecular flexibility index (Phi) is 5.42. The van der Waals surface area contributed by atoms with E-state index in [0.717, 1.165) is 32.0 Å². The van der Waals surface area contributed by atoms with Crippen LogP contribution in [0.25, 0.3) is 0 Å². The summed E-state index contributed by atoms with van der Waals surface area (Å²) in [5.41, 5.74) is -1.73. The fourth-order valence-corrected chi connectivity index (χ4v) is 2.83. The van der Waals surface area contributed by atoms with Crippen molar-refractivity contribution in [1.29, 1.82) is 0 Å². The summed E-state index contributed by atoms with van der Waals surface area (Å²) in [6.45, 7) is 4.33. The lowest BCUT2D eigenvalue weighted by molar-refractivity contribution is -0.158. The summed E-state index contributed by atoms with van der Waals surface area (Å²) in [6, 6.07) is 4.08. The van der Waals surface area contributed by atoms with Crippen molar-refractivity contribution in [1.82, 2.24) is 5.32 Å². The van der Waals surface area contributed by atoms with Crippen LogP contribution < -0.4 is 10.1 Å². The third kappa shape index (κ3) is 4.20. The molecule has 1 aliphatic heterocycles. The van der Waals surface area contributed by atoms with E-state index in [1.165, 1.54) is 27.0 Å². The fourth-order valence-electron chi connectivity index (χ4n) is 2.83. The summed E-state index contributed by atoms with van der Waals surface area (Å²) in [5.74, 6) is -1.01. The molecule has 0 bridgehead atoms. The highest BCUT2D eigenvalue weighted by molar-refractivity contribution is 5.79. The summed E-state index contributed by atoms with van der Waals surface area (Å²) in [6.07, 6.45) is -2.97. The maximum Gasteiger partial charge on any atom is 0.419 e. The van der Waals surface area contributed by atoms with Gasteiger partial charge in [-0.05, 0) is 63.4 Å². The highest BCUT2D eigenvalue weighted by atomic mass is 19.4. The third-order valence-corrected chi connectivity index (χ3v) is 4.16. The first-order chi connectivity index (χ1) is 11.1. The normalized spacial score (nSPS) is 16.8. The number of hydrogen-bond acceptors (Lipinski definition) is 4. The van der Waals surface area contributed by atoms with E-state index in [-0.39, 0.29) is 11.7 Å². The largest absolute Gasteiger partial charge is 0.476 e. The van der Waals surface area contributed by atoms with Crippen molar-refractivity contribution in [2.45, 2.75) is 44.4 Å². The number of hydrogen-bond donors (Lipinski definition) is 1. The van der Waals surface area contributed by atoms with Crippen LogP contribution in [0.3, 0.4) is 0 Å². The molecule has 1 aromatic rings. The lowest BCUT2D eigenvalue weighted by Crippen LogP contribution is -2.39. The molecule has 0 saturated carbocycles. The minimum absolute atomic E-state index is 0.0926. The Morgan fingerprint density at radius 3 is 2.38 bits per heavy atom. The number of ether oxygens (including phenoxy) is 2. The molecule has 1 saturated heterocycles. The molecule has 1 aromatic carbocycles. The van der Waals surface area contributed by atoms with Gasteiger partial charge in [-0.15, -0.1) is 0 Å². The van der Waals surface area contributed by atoms with Crippen molar-refractivity contribution in [3.8, 4) is 5.75 Å². The van der Waals surface area contributed by atoms with Gasteiger partial charge in [0.1, 0.15) is 5.75 Å². The van der Waals surface area contributed by atoms with Gasteiger partial charge in [-0.3, -0.25) is 0 Å². The quantitative estimate of drug-likeness (QED) is 0.849. The van der Waals surface area contributed by atoms with E-state index in [9.17, 15) is 18.0 Å². The van der Waals surface area contributed by atoms with E-state index in [1.807, 2.05) is 0 Å². The third-order valence-electron chi connectivity index (χ3n) is 4.16. The maximum atomic E-state index is 13.4. The molecular formula is C17H22F3NO3. The molecule has 1 N–H and O–H groups in total. The van der Waals surface area contributed by atoms with Crippen LogP contribution in [-0.4, -0.2) is 31.8 Å². The number of benzene rings is 1. The Labute approximate surface area is 139 Å². The van der Waals surface area contributed by atoms with Crippen LogP contribution in [0.2, 0.25) is 0 Å². The highest BCUT2D eigenvalue weighted by Crippen LogP contribution is 2.40. The van der Waals surface area contributed by atoms with E-state index < -0.39 is 23.3 Å². The first-order valence-electron chi connectivity index (χ1n) is 7.84. The van der Waals surface area contributed by atoms with Crippen molar-refractivity contribution < 1.29 is 27.4 Å². The van der Waals surface area contributed by atoms with Gasteiger partial charge in [-0.1, -0.05) is 6.07 Å². The zero-order valence-corrected chi connectivity index (χ0v) is 14.0. The Morgan fingerprint density at radius 2 is 1.83 bits per heavy atom. The number of carbonyl (C=O) groups is 1. The summed E-state index contributed by atoms with van der Waals surface area (Å²) < 4.78 is 50.3. The van der Waals surface area contributed by atoms with Crippen LogP contribution >= 0.6 is 0 Å². The van der Waals surface area contributed by atoms with E-state index >= 15 is 0 Å². The molecule has 7 heteroatoms. The van der Waals surface area contributed by atoms with Gasteiger partial charge in [0.05, 0.1) is 12.7 Å². The monoisotopic (exact) mass is 345 g/mol. The average Bonchev–Trinajstić information content (AvgIpc) is 2.53. The molecule has 0 atom stereocenters. The number of carbonyl (C=O) groups excluding carboxylic acids is 1. The standard InChI is InChI=1S/C17H22F3NO3/c1-16(2,15(22)23-3)24-14-5-4-12(10-13(14)17(18,19)20)11-6-8-21-9-7-11/h4-5,10-11,21H,6-9H2,1-3H3. The van der Waals surface area contributed by atoms with Gasteiger partial charge in [0.25, 0.3) is 0 Å². The topological polar surface area (TPSA) is 47.6 Å². The van der Waals surface area contributed by atoms with Crippen molar-refractivity contribution in [3.63, 3.8) is 0 Å². The van der Waals surface area contributed by atoms with Crippen molar-refractivity contribution in [3.05, 3.63) is 29.3 Å². The summed E-state index contributed by atoms with van der Waals surface area (Å²) in [4.78, 5) is 11.7. The molecule has 0 spiro atoms. The number of piperidine rings is 1. The molecule has 24 heavy (non-hydrogen) atoms. The van der Waals surface area contributed by atoms with Crippen LogP contribution in [-0.2, 0) is 15.7 Å². The van der Waals surface area contributed by atoms with Crippen LogP contribution in [0.1, 0.15) is 43.7 Å². The number of halogens is 3. The van der Waals surface area contributed by atoms with Gasteiger partial charge in [0, 0.05) is 0 Å². The number of rotatable bonds is 4. The predicted molar refractivity (Wildman–Crippen MR) is 83.0 cm³/mol. The number of nitrogens with one attached hydrogen (secondary N) is 1. The second-order valence-corrected chi connectivity index (χ2v) is 6.38. The van der Waals surface area contributed by atoms with Gasteiger partial charge in [-0.25, -0.2) is 4.79 Å². The molecule has 0 aromatic heterocycles. The van der Waals surface area contributed by atoms with Crippen LogP contribution in [0, 0.1) is 0 Å². The first kappa shape index (κ1) is 18.6. The molecule has 1 aliphatic rings. The Bertz CT molecular complexity index is 593. The predicted octanol–water partition coefficient (Wildman–Crippen LogP) is 3.50. The summed E-state index contributed by atoms with van der Waals surface area (Å²) >= 11 is 0. The first-order valence-corrected chi connectivity index (χ1v) is 7.84. The molecular weight excluding hydrogens is 323 g/mol. The van der Waals surface area contributed by atoms with Crippen molar-refractivity contribution >= 4 is 5.97 Å². The molecule has 0 amide bonds. The smallest absolute Gasteiger partial charge is 0.419 e. The summed E-state index contributed by atoms with van der Waals surface area (Å²) in [5, 5.41) is 3.19. The second kappa shape index (κ2) is 7.01. The lowest BCUT2D eigenvalue weighted by Gasteiger charge is -2.27. The van der Waals surface area contributed by atoms with E-state index in [4.69, 9.17) is 4.74 Å². The molecule has 1 heterocycles. The minimum Gasteiger partial charge on any atom is -0.476 e. The SMILES string of the molecule is COC(=O)C(C)(C)Oc1ccc(C2CCNCC2)cc1C(F)(F)F. The molecule has 1 fully saturated rings. The van der Waals surface area contributed by atoms with Crippen LogP contribution in [0.4, 0.5) is 13.2 Å². The minimum atomic E-state index is -4.57. The second-order valence-electron chi connectivity index (χ2n) is 6.38. The van der Waals surface area contributed by atoms with E-state index in [1.54, 1.807) is 6.07 Å². The van der Waals surface area contributed by atoms with Crippen molar-refractivity contribution in [2.75, 3.05) is 20.2 Å². The van der Waals surface area contributed by atoms with Gasteiger partial charge < -0.3 is 14.8 Å². The highest BCUT2D eigenvalue weighted by Gasteiger charge is 2.39. The van der Waals surface area contributed by atoms with E-state index in [2.05, 4.69) is 10.1 Å². The van der Waals surface area contributed by atoms with Gasteiger partial charge in [0.15, 0.2) is 5.60 Å². The van der Waals surface area contributed by atoms with Gasteiger partial charge in [0.2, 0.25) is 0 Å². The number of alkyl halides is 3. The molecule has 0 radical (unpaired) electrons. The number of esters is 1. The summed E-state index contributed by atoms with van der Waals surface area (Å²) in [7, 11) is 1.17. The lowest BCUT2D eigenvalue weighted by atomic mass is 9.89. The number of methoxy groups -OCH3 is 1. The molecule has 0 unspecified atom stereocenters. The Balaban J connectivity index is 2.35. The Morgan fingerprint density at radius 1 is 1.21 bits per heavy atom. The zero-order chi connectivity index (χ0) is 18.0. The molecule has 2 rings (SSSR count).